The normalized spacial score (nSPS) is 25.0. The van der Waals surface area contributed by atoms with E-state index in [1.54, 1.807) is 7.05 Å². The molecule has 0 aromatic rings. The number of aliphatic imine (C=N–C) groups is 1. The van der Waals surface area contributed by atoms with Gasteiger partial charge in [-0.25, -0.2) is 0 Å². The summed E-state index contributed by atoms with van der Waals surface area (Å²) in [6.07, 6.45) is 0.826. The zero-order chi connectivity index (χ0) is 6.69. The Morgan fingerprint density at radius 2 is 2.44 bits per heavy atom. The Bertz CT molecular complexity index is 148. The molecule has 1 heterocycles. The fourth-order valence-electron chi connectivity index (χ4n) is 0.885. The lowest BCUT2D eigenvalue weighted by Gasteiger charge is -2.14. The van der Waals surface area contributed by atoms with Gasteiger partial charge in [0.15, 0.2) is 0 Å². The SMILES string of the molecule is CN=C1CNCCC1=N. The minimum atomic E-state index is 0.691. The maximum atomic E-state index is 7.38. The Labute approximate surface area is 54.7 Å². The number of nitrogens with one attached hydrogen (secondary N) is 2. The highest BCUT2D eigenvalue weighted by molar-refractivity contribution is 6.42. The highest BCUT2D eigenvalue weighted by atomic mass is 14.9. The molecule has 0 aromatic heterocycles. The first-order valence-electron chi connectivity index (χ1n) is 3.09. The summed E-state index contributed by atoms with van der Waals surface area (Å²) in [6.45, 7) is 1.70. The highest BCUT2D eigenvalue weighted by Gasteiger charge is 2.10. The summed E-state index contributed by atoms with van der Waals surface area (Å²) in [5.41, 5.74) is 1.59. The van der Waals surface area contributed by atoms with Gasteiger partial charge in [0.1, 0.15) is 0 Å². The molecule has 1 fully saturated rings. The molecule has 9 heavy (non-hydrogen) atoms. The molecule has 2 N–H and O–H groups in total. The Morgan fingerprint density at radius 1 is 1.67 bits per heavy atom. The first-order chi connectivity index (χ1) is 4.34. The van der Waals surface area contributed by atoms with E-state index < -0.39 is 0 Å². The van der Waals surface area contributed by atoms with Crippen molar-refractivity contribution in [1.29, 1.82) is 5.41 Å². The molecule has 0 saturated carbocycles. The van der Waals surface area contributed by atoms with Gasteiger partial charge in [-0.2, -0.15) is 0 Å². The standard InChI is InChI=1S/C6H11N3/c1-8-6-4-9-3-2-5(6)7/h7,9H,2-4H2,1H3. The van der Waals surface area contributed by atoms with Crippen molar-refractivity contribution >= 4 is 11.4 Å². The molecular weight excluding hydrogens is 114 g/mol. The minimum Gasteiger partial charge on any atom is -0.311 e. The van der Waals surface area contributed by atoms with Crippen LogP contribution in [0.4, 0.5) is 0 Å². The summed E-state index contributed by atoms with van der Waals surface area (Å²) in [7, 11) is 1.73. The molecule has 1 aliphatic heterocycles. The van der Waals surface area contributed by atoms with Crippen LogP contribution >= 0.6 is 0 Å². The summed E-state index contributed by atoms with van der Waals surface area (Å²) in [4.78, 5) is 3.96. The van der Waals surface area contributed by atoms with Crippen molar-refractivity contribution in [3.8, 4) is 0 Å². The highest BCUT2D eigenvalue weighted by Crippen LogP contribution is 1.92. The monoisotopic (exact) mass is 125 g/mol. The maximum absolute atomic E-state index is 7.38. The van der Waals surface area contributed by atoms with Crippen LogP contribution in [0.1, 0.15) is 6.42 Å². The predicted octanol–water partition coefficient (Wildman–Crippen LogP) is 0.0703. The van der Waals surface area contributed by atoms with Gasteiger partial charge >= 0.3 is 0 Å². The van der Waals surface area contributed by atoms with Crippen LogP contribution in [0.2, 0.25) is 0 Å². The summed E-state index contributed by atoms with van der Waals surface area (Å²) in [6, 6.07) is 0. The third-order valence-electron chi connectivity index (χ3n) is 1.46. The quantitative estimate of drug-likeness (QED) is 0.473. The van der Waals surface area contributed by atoms with E-state index >= 15 is 0 Å². The number of nitrogens with zero attached hydrogens (tertiary/aromatic N) is 1. The summed E-state index contributed by atoms with van der Waals surface area (Å²) in [5.74, 6) is 0. The third kappa shape index (κ3) is 1.36. The summed E-state index contributed by atoms with van der Waals surface area (Å²) < 4.78 is 0. The second-order valence-corrected chi connectivity index (χ2v) is 2.08. The van der Waals surface area contributed by atoms with Crippen LogP contribution in [0.25, 0.3) is 0 Å². The van der Waals surface area contributed by atoms with Crippen molar-refractivity contribution in [3.63, 3.8) is 0 Å². The van der Waals surface area contributed by atoms with E-state index in [2.05, 4.69) is 10.3 Å². The zero-order valence-electron chi connectivity index (χ0n) is 5.57. The zero-order valence-corrected chi connectivity index (χ0v) is 5.57. The first kappa shape index (κ1) is 6.42. The smallest absolute Gasteiger partial charge is 0.0690 e. The van der Waals surface area contributed by atoms with Gasteiger partial charge in [-0.1, -0.05) is 0 Å². The van der Waals surface area contributed by atoms with Crippen molar-refractivity contribution < 1.29 is 0 Å². The second kappa shape index (κ2) is 2.73. The van der Waals surface area contributed by atoms with Gasteiger partial charge in [0, 0.05) is 26.6 Å². The molecule has 50 valence electrons. The van der Waals surface area contributed by atoms with Crippen LogP contribution in [0.3, 0.4) is 0 Å². The molecule has 3 nitrogen and oxygen atoms in total. The number of hydrogen-bond donors (Lipinski definition) is 2. The molecule has 0 unspecified atom stereocenters. The van der Waals surface area contributed by atoms with E-state index in [9.17, 15) is 0 Å². The number of rotatable bonds is 0. The van der Waals surface area contributed by atoms with Gasteiger partial charge in [0.2, 0.25) is 0 Å². The van der Waals surface area contributed by atoms with E-state index in [-0.39, 0.29) is 0 Å². The molecular formula is C6H11N3. The predicted molar refractivity (Wildman–Crippen MR) is 38.6 cm³/mol. The summed E-state index contributed by atoms with van der Waals surface area (Å²) >= 11 is 0. The van der Waals surface area contributed by atoms with Gasteiger partial charge in [0.05, 0.1) is 11.4 Å². The molecule has 0 atom stereocenters. The lowest BCUT2D eigenvalue weighted by molar-refractivity contribution is 0.766. The fourth-order valence-corrected chi connectivity index (χ4v) is 0.885. The van der Waals surface area contributed by atoms with Crippen molar-refractivity contribution in [1.82, 2.24) is 5.32 Å². The molecule has 0 spiro atoms. The molecule has 1 rings (SSSR count). The minimum absolute atomic E-state index is 0.691. The lowest BCUT2D eigenvalue weighted by atomic mass is 10.1. The third-order valence-corrected chi connectivity index (χ3v) is 1.46. The van der Waals surface area contributed by atoms with E-state index in [1.807, 2.05) is 0 Å². The van der Waals surface area contributed by atoms with Gasteiger partial charge in [-0.15, -0.1) is 0 Å². The maximum Gasteiger partial charge on any atom is 0.0690 e. The van der Waals surface area contributed by atoms with Gasteiger partial charge < -0.3 is 10.7 Å². The van der Waals surface area contributed by atoms with E-state index in [0.29, 0.717) is 5.71 Å². The average molecular weight is 125 g/mol. The van der Waals surface area contributed by atoms with E-state index in [1.165, 1.54) is 0 Å². The molecule has 1 aliphatic rings. The molecule has 0 aliphatic carbocycles. The molecule has 0 bridgehead atoms. The van der Waals surface area contributed by atoms with Crippen LogP contribution in [-0.2, 0) is 0 Å². The van der Waals surface area contributed by atoms with Crippen LogP contribution in [0.15, 0.2) is 4.99 Å². The van der Waals surface area contributed by atoms with E-state index in [0.717, 1.165) is 25.2 Å². The first-order valence-corrected chi connectivity index (χ1v) is 3.09. The summed E-state index contributed by atoms with van der Waals surface area (Å²) in [5, 5.41) is 10.5. The molecule has 0 aromatic carbocycles. The van der Waals surface area contributed by atoms with Gasteiger partial charge in [-0.3, -0.25) is 4.99 Å². The Balaban J connectivity index is 2.60. The van der Waals surface area contributed by atoms with Crippen molar-refractivity contribution in [3.05, 3.63) is 0 Å². The van der Waals surface area contributed by atoms with Crippen LogP contribution in [-0.4, -0.2) is 31.6 Å². The number of hydrogen-bond acceptors (Lipinski definition) is 3. The average Bonchev–Trinajstić information content (AvgIpc) is 1.89. The van der Waals surface area contributed by atoms with E-state index in [4.69, 9.17) is 5.41 Å². The number of piperidine rings is 1. The lowest BCUT2D eigenvalue weighted by Crippen LogP contribution is -2.36. The van der Waals surface area contributed by atoms with Crippen LogP contribution < -0.4 is 5.32 Å². The Hall–Kier alpha value is -0.700. The Kier molecular flexibility index (Phi) is 1.95. The second-order valence-electron chi connectivity index (χ2n) is 2.08. The topological polar surface area (TPSA) is 48.2 Å². The van der Waals surface area contributed by atoms with Crippen molar-refractivity contribution in [2.45, 2.75) is 6.42 Å². The van der Waals surface area contributed by atoms with Gasteiger partial charge in [0.25, 0.3) is 0 Å². The molecule has 1 saturated heterocycles. The van der Waals surface area contributed by atoms with Crippen LogP contribution in [0.5, 0.6) is 0 Å². The molecule has 3 heteroatoms. The largest absolute Gasteiger partial charge is 0.311 e. The van der Waals surface area contributed by atoms with Crippen LogP contribution in [0, 0.1) is 5.41 Å². The fraction of sp³-hybridized carbons (Fsp3) is 0.667. The molecule has 0 amide bonds. The molecule has 0 radical (unpaired) electrons. The van der Waals surface area contributed by atoms with Gasteiger partial charge in [-0.05, 0) is 0 Å². The van der Waals surface area contributed by atoms with Crippen molar-refractivity contribution in [2.24, 2.45) is 4.99 Å². The van der Waals surface area contributed by atoms with Crippen molar-refractivity contribution in [2.75, 3.05) is 20.1 Å². The Morgan fingerprint density at radius 3 is 2.89 bits per heavy atom.